The molecule has 2 aliphatic rings. The summed E-state index contributed by atoms with van der Waals surface area (Å²) in [6, 6.07) is 31.8. The monoisotopic (exact) mass is 794 g/mol. The molecule has 1 saturated heterocycles. The first-order chi connectivity index (χ1) is 28.1. The Balaban J connectivity index is 1.14. The highest BCUT2D eigenvalue weighted by molar-refractivity contribution is 6.91. The number of nitrogens with zero attached hydrogens (tertiary/aromatic N) is 4. The first-order valence-electron chi connectivity index (χ1n) is 19.9. The third-order valence-corrected chi connectivity index (χ3v) is 16.8. The third kappa shape index (κ3) is 6.84. The summed E-state index contributed by atoms with van der Waals surface area (Å²) in [7, 11) is -0.749. The average Bonchev–Trinajstić information content (AvgIpc) is 4.00. The van der Waals surface area contributed by atoms with E-state index in [9.17, 15) is 9.90 Å². The Morgan fingerprint density at radius 1 is 1.09 bits per heavy atom. The van der Waals surface area contributed by atoms with Gasteiger partial charge in [-0.05, 0) is 59.5 Å². The lowest BCUT2D eigenvalue weighted by Gasteiger charge is -2.37. The van der Waals surface area contributed by atoms with E-state index in [1.165, 1.54) is 5.19 Å². The first-order valence-corrected chi connectivity index (χ1v) is 23.0. The number of fused-ring (bicyclic) bond motifs is 3. The van der Waals surface area contributed by atoms with Crippen LogP contribution in [0.5, 0.6) is 5.75 Å². The Morgan fingerprint density at radius 2 is 1.84 bits per heavy atom. The second-order valence-corrected chi connectivity index (χ2v) is 20.7. The zero-order valence-electron chi connectivity index (χ0n) is 33.4. The number of aromatic amines is 1. The number of benzene rings is 4. The maximum atomic E-state index is 15.0. The summed E-state index contributed by atoms with van der Waals surface area (Å²) < 4.78 is 14.7. The van der Waals surface area contributed by atoms with Crippen LogP contribution in [0.1, 0.15) is 41.6 Å². The molecule has 8 rings (SSSR count). The minimum atomic E-state index is -2.42. The van der Waals surface area contributed by atoms with Crippen molar-refractivity contribution in [2.24, 2.45) is 5.92 Å². The summed E-state index contributed by atoms with van der Waals surface area (Å²) >= 11 is 0. The number of amides is 2. The van der Waals surface area contributed by atoms with E-state index in [0.717, 1.165) is 39.0 Å². The molecule has 5 atom stereocenters. The number of aliphatic hydroxyl groups is 1. The van der Waals surface area contributed by atoms with Gasteiger partial charge in [-0.3, -0.25) is 14.3 Å². The van der Waals surface area contributed by atoms with E-state index in [4.69, 9.17) is 9.47 Å². The molecule has 58 heavy (non-hydrogen) atoms. The van der Waals surface area contributed by atoms with Crippen molar-refractivity contribution in [3.63, 3.8) is 0 Å². The number of nitrogens with one attached hydrogen (secondary N) is 2. The number of H-pyrrole nitrogens is 1. The number of aromatic nitrogens is 4. The normalized spacial score (nSPS) is 20.7. The molecule has 11 nitrogen and oxygen atoms in total. The lowest BCUT2D eigenvalue weighted by Crippen LogP contribution is -2.51. The molecule has 2 aromatic heterocycles. The molecule has 3 N–H and O–H groups in total. The summed E-state index contributed by atoms with van der Waals surface area (Å²) in [6.45, 7) is 11.6. The first kappa shape index (κ1) is 39.0. The predicted octanol–water partition coefficient (Wildman–Crippen LogP) is 6.91. The van der Waals surface area contributed by atoms with Crippen LogP contribution in [-0.2, 0) is 32.9 Å². The summed E-state index contributed by atoms with van der Waals surface area (Å²) in [5, 5.41) is 24.6. The van der Waals surface area contributed by atoms with E-state index in [1.54, 1.807) is 18.1 Å². The molecule has 0 radical (unpaired) electrons. The number of hydrogen-bond donors (Lipinski definition) is 3. The summed E-state index contributed by atoms with van der Waals surface area (Å²) in [4.78, 5) is 33.6. The van der Waals surface area contributed by atoms with E-state index in [-0.39, 0.29) is 48.3 Å². The smallest absolute Gasteiger partial charge is 0.264 e. The second kappa shape index (κ2) is 15.8. The fourth-order valence-electron chi connectivity index (χ4n) is 9.52. The van der Waals surface area contributed by atoms with Crippen LogP contribution in [0, 0.1) is 5.92 Å². The molecular formula is C46H50N6O5Si. The van der Waals surface area contributed by atoms with Crippen molar-refractivity contribution in [1.29, 1.82) is 0 Å². The number of aryl methyl sites for hydroxylation is 1. The topological polar surface area (TPSA) is 135 Å². The van der Waals surface area contributed by atoms with E-state index in [1.807, 2.05) is 102 Å². The Bertz CT molecular complexity index is 2450. The zero-order chi connectivity index (χ0) is 40.6. The average molecular weight is 795 g/mol. The fourth-order valence-corrected chi connectivity index (χ4v) is 13.6. The summed E-state index contributed by atoms with van der Waals surface area (Å²) in [5.41, 5.74) is 4.36. The minimum absolute atomic E-state index is 0.000929. The standard InChI is InChI=1S/C46H50N6O5Si/c1-6-23-52-41-21-16-33(48-43(54)25-32-27-47-39-15-11-10-14-36(32)39)26-38(41)46(45(52)55)30(2)44(58(4,5)35-19-17-34(56-3)18-20-35)42(57-46)22-24-51-28-40(49-50-51)37(29-53)31-12-8-7-9-13-31/h6-21,26-28,30,37,42,44,47,53H,1,22-25,29H2,2-5H3,(H,48,54)/t30-,37?,42+,44-,46+/m0/s1. The third-order valence-electron chi connectivity index (χ3n) is 12.4. The van der Waals surface area contributed by atoms with Crippen molar-refractivity contribution < 1.29 is 24.2 Å². The number of ether oxygens (including phenoxy) is 2. The molecule has 298 valence electrons. The van der Waals surface area contributed by atoms with Gasteiger partial charge in [-0.1, -0.05) is 97.2 Å². The van der Waals surface area contributed by atoms with Gasteiger partial charge < -0.3 is 29.8 Å². The molecule has 1 unspecified atom stereocenters. The summed E-state index contributed by atoms with van der Waals surface area (Å²) in [6.07, 6.45) is 5.96. The number of carbonyl (C=O) groups is 2. The lowest BCUT2D eigenvalue weighted by molar-refractivity contribution is -0.145. The Morgan fingerprint density at radius 3 is 2.59 bits per heavy atom. The van der Waals surface area contributed by atoms with Crippen molar-refractivity contribution >= 4 is 47.4 Å². The van der Waals surface area contributed by atoms with E-state index in [2.05, 4.69) is 59.3 Å². The van der Waals surface area contributed by atoms with Crippen molar-refractivity contribution in [3.8, 4) is 5.75 Å². The van der Waals surface area contributed by atoms with E-state index >= 15 is 4.79 Å². The molecule has 2 aliphatic heterocycles. The molecule has 1 fully saturated rings. The van der Waals surface area contributed by atoms with Gasteiger partial charge in [0.1, 0.15) is 5.75 Å². The highest BCUT2D eigenvalue weighted by atomic mass is 28.3. The number of rotatable bonds is 14. The highest BCUT2D eigenvalue weighted by Gasteiger charge is 2.66. The van der Waals surface area contributed by atoms with Crippen LogP contribution in [0.4, 0.5) is 11.4 Å². The number of aliphatic hydroxyl groups excluding tert-OH is 1. The molecule has 0 aliphatic carbocycles. The number of hydrogen-bond acceptors (Lipinski definition) is 7. The number of carbonyl (C=O) groups excluding carboxylic acids is 2. The van der Waals surface area contributed by atoms with Crippen molar-refractivity contribution in [2.75, 3.05) is 30.5 Å². The maximum Gasteiger partial charge on any atom is 0.264 e. The van der Waals surface area contributed by atoms with Crippen LogP contribution in [-0.4, -0.2) is 71.3 Å². The fraction of sp³-hybridized carbons (Fsp3) is 0.304. The van der Waals surface area contributed by atoms with Crippen LogP contribution in [0.3, 0.4) is 0 Å². The molecular weight excluding hydrogens is 745 g/mol. The minimum Gasteiger partial charge on any atom is -0.497 e. The molecule has 6 aromatic rings. The number of anilines is 2. The molecule has 2 amide bonds. The number of methoxy groups -OCH3 is 1. The zero-order valence-corrected chi connectivity index (χ0v) is 34.4. The van der Waals surface area contributed by atoms with Crippen LogP contribution in [0.2, 0.25) is 18.6 Å². The molecule has 12 heteroatoms. The molecule has 4 heterocycles. The van der Waals surface area contributed by atoms with Gasteiger partial charge in [-0.2, -0.15) is 0 Å². The quantitative estimate of drug-likeness (QED) is 0.0806. The van der Waals surface area contributed by atoms with Gasteiger partial charge in [0.15, 0.2) is 5.60 Å². The van der Waals surface area contributed by atoms with Crippen molar-refractivity contribution in [3.05, 3.63) is 144 Å². The maximum absolute atomic E-state index is 15.0. The van der Waals surface area contributed by atoms with E-state index in [0.29, 0.717) is 30.9 Å². The molecule has 0 bridgehead atoms. The lowest BCUT2D eigenvalue weighted by atomic mass is 9.82. The summed E-state index contributed by atoms with van der Waals surface area (Å²) in [5.74, 6) is -0.0208. The van der Waals surface area contributed by atoms with Gasteiger partial charge in [0.25, 0.3) is 5.91 Å². The SMILES string of the molecule is C=CCN1C(=O)[C@]2(O[C@H](CCn3cc(C(CO)c4ccccc4)nn3)[C@@H]([Si](C)(C)c3ccc(OC)cc3)[C@@H]2C)c2cc(NC(=O)Cc3c[nH]c4ccccc34)ccc21. The van der Waals surface area contributed by atoms with E-state index < -0.39 is 13.7 Å². The van der Waals surface area contributed by atoms with Crippen molar-refractivity contribution in [2.45, 2.75) is 62.6 Å². The molecule has 1 spiro atoms. The Labute approximate surface area is 339 Å². The van der Waals surface area contributed by atoms with Gasteiger partial charge >= 0.3 is 0 Å². The van der Waals surface area contributed by atoms with Gasteiger partial charge in [-0.15, -0.1) is 11.7 Å². The molecule has 4 aromatic carbocycles. The van der Waals surface area contributed by atoms with Crippen LogP contribution >= 0.6 is 0 Å². The van der Waals surface area contributed by atoms with Crippen LogP contribution in [0.25, 0.3) is 10.9 Å². The Kier molecular flexibility index (Phi) is 10.7. The van der Waals surface area contributed by atoms with Gasteiger partial charge in [0.05, 0.1) is 51.6 Å². The van der Waals surface area contributed by atoms with Crippen LogP contribution < -0.4 is 20.1 Å². The van der Waals surface area contributed by atoms with Crippen molar-refractivity contribution in [1.82, 2.24) is 20.0 Å². The predicted molar refractivity (Wildman–Crippen MR) is 229 cm³/mol. The highest BCUT2D eigenvalue weighted by Crippen LogP contribution is 2.60. The van der Waals surface area contributed by atoms with Gasteiger partial charge in [0.2, 0.25) is 5.91 Å². The molecule has 0 saturated carbocycles. The van der Waals surface area contributed by atoms with Gasteiger partial charge in [-0.25, -0.2) is 0 Å². The van der Waals surface area contributed by atoms with Gasteiger partial charge in [0, 0.05) is 53.6 Å². The van der Waals surface area contributed by atoms with Crippen LogP contribution in [0.15, 0.2) is 122 Å². The number of para-hydroxylation sites is 1. The Hall–Kier alpha value is -5.82. The second-order valence-electron chi connectivity index (χ2n) is 16.0. The largest absolute Gasteiger partial charge is 0.497 e.